The van der Waals surface area contributed by atoms with E-state index in [9.17, 15) is 5.11 Å². The van der Waals surface area contributed by atoms with Gasteiger partial charge < -0.3 is 10.8 Å². The first kappa shape index (κ1) is 12.5. The molecule has 0 radical (unpaired) electrons. The number of benzene rings is 1. The van der Waals surface area contributed by atoms with Crippen molar-refractivity contribution >= 4 is 11.6 Å². The van der Waals surface area contributed by atoms with Crippen LogP contribution in [0.1, 0.15) is 44.4 Å². The molecule has 0 aliphatic rings. The van der Waals surface area contributed by atoms with Gasteiger partial charge in [0.15, 0.2) is 0 Å². The maximum atomic E-state index is 9.89. The maximum absolute atomic E-state index is 9.89. The van der Waals surface area contributed by atoms with E-state index >= 15 is 0 Å². The monoisotopic (exact) mass is 227 g/mol. The number of halogens is 1. The van der Waals surface area contributed by atoms with E-state index in [0.29, 0.717) is 5.02 Å². The van der Waals surface area contributed by atoms with E-state index in [1.165, 1.54) is 0 Å². The summed E-state index contributed by atoms with van der Waals surface area (Å²) in [5.74, 6) is 0. The molecule has 1 aromatic rings. The average Bonchev–Trinajstić information content (AvgIpc) is 2.14. The smallest absolute Gasteiger partial charge is 0.0841 e. The molecular formula is C12H18ClNO. The molecule has 1 rings (SSSR count). The minimum Gasteiger partial charge on any atom is -0.386 e. The van der Waals surface area contributed by atoms with E-state index in [-0.39, 0.29) is 6.04 Å². The molecule has 1 atom stereocenters. The Morgan fingerprint density at radius 1 is 1.40 bits per heavy atom. The molecule has 0 aromatic heterocycles. The number of rotatable bonds is 3. The molecule has 0 fully saturated rings. The van der Waals surface area contributed by atoms with Gasteiger partial charge in [0.1, 0.15) is 0 Å². The van der Waals surface area contributed by atoms with Crippen molar-refractivity contribution in [3.63, 3.8) is 0 Å². The molecule has 0 bridgehead atoms. The molecule has 2 nitrogen and oxygen atoms in total. The quantitative estimate of drug-likeness (QED) is 0.834. The molecule has 0 amide bonds. The van der Waals surface area contributed by atoms with Gasteiger partial charge in [-0.3, -0.25) is 0 Å². The lowest BCUT2D eigenvalue weighted by molar-refractivity contribution is 0.0785. The van der Waals surface area contributed by atoms with Crippen molar-refractivity contribution in [1.82, 2.24) is 0 Å². The summed E-state index contributed by atoms with van der Waals surface area (Å²) in [5.41, 5.74) is 6.83. The zero-order valence-electron chi connectivity index (χ0n) is 9.42. The van der Waals surface area contributed by atoms with Crippen LogP contribution in [0.25, 0.3) is 0 Å². The Bertz CT molecular complexity index is 344. The first-order chi connectivity index (χ1) is 6.84. The first-order valence-electron chi connectivity index (χ1n) is 5.13. The molecule has 0 aliphatic carbocycles. The Hall–Kier alpha value is -0.570. The summed E-state index contributed by atoms with van der Waals surface area (Å²) in [6.45, 7) is 5.50. The van der Waals surface area contributed by atoms with Crippen molar-refractivity contribution < 1.29 is 5.11 Å². The number of aliphatic hydroxyl groups is 1. The summed E-state index contributed by atoms with van der Waals surface area (Å²) in [6.07, 6.45) is 0.853. The SMILES string of the molecule is CCC(N)c1cc(Cl)cc(C(C)(C)O)c1. The summed E-state index contributed by atoms with van der Waals surface area (Å²) >= 11 is 5.99. The summed E-state index contributed by atoms with van der Waals surface area (Å²) in [4.78, 5) is 0. The van der Waals surface area contributed by atoms with Crippen LogP contribution in [0.4, 0.5) is 0 Å². The maximum Gasteiger partial charge on any atom is 0.0841 e. The third-order valence-electron chi connectivity index (χ3n) is 2.49. The van der Waals surface area contributed by atoms with E-state index in [1.807, 2.05) is 19.1 Å². The summed E-state index contributed by atoms with van der Waals surface area (Å²) in [5, 5.41) is 10.5. The van der Waals surface area contributed by atoms with Crippen LogP contribution in [0.2, 0.25) is 5.02 Å². The van der Waals surface area contributed by atoms with Crippen LogP contribution in [0, 0.1) is 0 Å². The predicted octanol–water partition coefficient (Wildman–Crippen LogP) is 2.98. The fourth-order valence-corrected chi connectivity index (χ4v) is 1.66. The molecule has 0 heterocycles. The van der Waals surface area contributed by atoms with E-state index in [4.69, 9.17) is 17.3 Å². The minimum absolute atomic E-state index is 0.0233. The van der Waals surface area contributed by atoms with Gasteiger partial charge in [-0.25, -0.2) is 0 Å². The van der Waals surface area contributed by atoms with Crippen LogP contribution in [-0.2, 0) is 5.60 Å². The second-order valence-electron chi connectivity index (χ2n) is 4.35. The normalized spacial score (nSPS) is 14.0. The van der Waals surface area contributed by atoms with Crippen LogP contribution in [0.5, 0.6) is 0 Å². The fourth-order valence-electron chi connectivity index (χ4n) is 1.42. The van der Waals surface area contributed by atoms with E-state index in [0.717, 1.165) is 17.5 Å². The van der Waals surface area contributed by atoms with E-state index in [1.54, 1.807) is 19.9 Å². The highest BCUT2D eigenvalue weighted by molar-refractivity contribution is 6.30. The van der Waals surface area contributed by atoms with Crippen molar-refractivity contribution in [2.24, 2.45) is 5.73 Å². The molecule has 15 heavy (non-hydrogen) atoms. The van der Waals surface area contributed by atoms with Gasteiger partial charge in [0, 0.05) is 11.1 Å². The largest absolute Gasteiger partial charge is 0.386 e. The zero-order chi connectivity index (χ0) is 11.6. The lowest BCUT2D eigenvalue weighted by Crippen LogP contribution is -2.17. The van der Waals surface area contributed by atoms with Gasteiger partial charge in [-0.2, -0.15) is 0 Å². The molecule has 0 saturated heterocycles. The lowest BCUT2D eigenvalue weighted by Gasteiger charge is -2.20. The third kappa shape index (κ3) is 3.20. The van der Waals surface area contributed by atoms with Crippen LogP contribution >= 0.6 is 11.6 Å². The third-order valence-corrected chi connectivity index (χ3v) is 2.71. The zero-order valence-corrected chi connectivity index (χ0v) is 10.2. The summed E-state index contributed by atoms with van der Waals surface area (Å²) < 4.78 is 0. The van der Waals surface area contributed by atoms with Gasteiger partial charge in [0.05, 0.1) is 5.60 Å². The molecule has 3 N–H and O–H groups in total. The van der Waals surface area contributed by atoms with Crippen molar-refractivity contribution in [2.45, 2.75) is 38.8 Å². The van der Waals surface area contributed by atoms with Crippen molar-refractivity contribution in [3.05, 3.63) is 34.3 Å². The molecule has 84 valence electrons. The number of nitrogens with two attached hydrogens (primary N) is 1. The van der Waals surface area contributed by atoms with Crippen molar-refractivity contribution in [2.75, 3.05) is 0 Å². The highest BCUT2D eigenvalue weighted by atomic mass is 35.5. The topological polar surface area (TPSA) is 46.2 Å². The molecule has 0 saturated carbocycles. The van der Waals surface area contributed by atoms with Gasteiger partial charge in [-0.05, 0) is 43.5 Å². The van der Waals surface area contributed by atoms with Gasteiger partial charge in [-0.15, -0.1) is 0 Å². The van der Waals surface area contributed by atoms with E-state index < -0.39 is 5.60 Å². The number of hydrogen-bond donors (Lipinski definition) is 2. The van der Waals surface area contributed by atoms with Gasteiger partial charge >= 0.3 is 0 Å². The Balaban J connectivity index is 3.17. The molecule has 3 heteroatoms. The van der Waals surface area contributed by atoms with Gasteiger partial charge in [0.2, 0.25) is 0 Å². The predicted molar refractivity (Wildman–Crippen MR) is 63.9 cm³/mol. The van der Waals surface area contributed by atoms with E-state index in [2.05, 4.69) is 0 Å². The standard InChI is InChI=1S/C12H18ClNO/c1-4-11(14)8-5-9(12(2,3)15)7-10(13)6-8/h5-7,11,15H,4,14H2,1-3H3. The molecule has 1 aromatic carbocycles. The highest BCUT2D eigenvalue weighted by Gasteiger charge is 2.18. The van der Waals surface area contributed by atoms with Crippen LogP contribution in [-0.4, -0.2) is 5.11 Å². The Labute approximate surface area is 96.1 Å². The second-order valence-corrected chi connectivity index (χ2v) is 4.78. The lowest BCUT2D eigenvalue weighted by atomic mass is 9.94. The van der Waals surface area contributed by atoms with Crippen LogP contribution < -0.4 is 5.73 Å². The van der Waals surface area contributed by atoms with Crippen molar-refractivity contribution in [1.29, 1.82) is 0 Å². The van der Waals surface area contributed by atoms with Crippen LogP contribution in [0.15, 0.2) is 18.2 Å². The minimum atomic E-state index is -0.882. The van der Waals surface area contributed by atoms with Gasteiger partial charge in [0.25, 0.3) is 0 Å². The Kier molecular flexibility index (Phi) is 3.77. The molecule has 1 unspecified atom stereocenters. The summed E-state index contributed by atoms with van der Waals surface area (Å²) in [6, 6.07) is 5.52. The number of hydrogen-bond acceptors (Lipinski definition) is 2. The highest BCUT2D eigenvalue weighted by Crippen LogP contribution is 2.27. The molecule has 0 aliphatic heterocycles. The van der Waals surface area contributed by atoms with Crippen molar-refractivity contribution in [3.8, 4) is 0 Å². The van der Waals surface area contributed by atoms with Gasteiger partial charge in [-0.1, -0.05) is 24.6 Å². The first-order valence-corrected chi connectivity index (χ1v) is 5.51. The summed E-state index contributed by atoms with van der Waals surface area (Å²) in [7, 11) is 0. The molecule has 0 spiro atoms. The second kappa shape index (κ2) is 4.52. The Morgan fingerprint density at radius 2 is 2.00 bits per heavy atom. The van der Waals surface area contributed by atoms with Crippen LogP contribution in [0.3, 0.4) is 0 Å². The average molecular weight is 228 g/mol. The fraction of sp³-hybridized carbons (Fsp3) is 0.500. The molecular weight excluding hydrogens is 210 g/mol. The Morgan fingerprint density at radius 3 is 2.47 bits per heavy atom.